The molecule has 1 aromatic carbocycles. The molecule has 1 fully saturated rings. The summed E-state index contributed by atoms with van der Waals surface area (Å²) in [6, 6.07) is 6.44. The predicted octanol–water partition coefficient (Wildman–Crippen LogP) is 3.71. The Morgan fingerprint density at radius 3 is 2.70 bits per heavy atom. The molecule has 2 rings (SSSR count). The topological polar surface area (TPSA) is 96.0 Å². The second-order valence-corrected chi connectivity index (χ2v) is 6.30. The van der Waals surface area contributed by atoms with Crippen LogP contribution in [0, 0.1) is 21.4 Å². The van der Waals surface area contributed by atoms with Crippen molar-refractivity contribution in [2.24, 2.45) is 0 Å². The Kier molecular flexibility index (Phi) is 5.88. The number of benzene rings is 1. The SMILES string of the molecule is N#C/C(=C\c1ccc(Br)c([N+](=O)[O-])c1)C(=O)NC1CCCCC1. The quantitative estimate of drug-likeness (QED) is 0.374. The van der Waals surface area contributed by atoms with E-state index in [1.54, 1.807) is 6.07 Å². The molecule has 0 atom stereocenters. The van der Waals surface area contributed by atoms with Crippen molar-refractivity contribution < 1.29 is 9.72 Å². The van der Waals surface area contributed by atoms with Crippen molar-refractivity contribution in [2.45, 2.75) is 38.1 Å². The van der Waals surface area contributed by atoms with Gasteiger partial charge < -0.3 is 5.32 Å². The number of nitrogens with zero attached hydrogens (tertiary/aromatic N) is 2. The summed E-state index contributed by atoms with van der Waals surface area (Å²) in [6.45, 7) is 0. The number of nitro groups is 1. The molecule has 1 saturated carbocycles. The van der Waals surface area contributed by atoms with Gasteiger partial charge in [0.2, 0.25) is 0 Å². The zero-order valence-electron chi connectivity index (χ0n) is 12.4. The number of nitro benzene ring substituents is 1. The third-order valence-electron chi connectivity index (χ3n) is 3.78. The van der Waals surface area contributed by atoms with Crippen molar-refractivity contribution in [3.05, 3.63) is 43.9 Å². The van der Waals surface area contributed by atoms with Gasteiger partial charge >= 0.3 is 0 Å². The van der Waals surface area contributed by atoms with Crippen LogP contribution >= 0.6 is 15.9 Å². The molecule has 1 amide bonds. The van der Waals surface area contributed by atoms with Crippen molar-refractivity contribution in [1.29, 1.82) is 5.26 Å². The molecule has 23 heavy (non-hydrogen) atoms. The fraction of sp³-hybridized carbons (Fsp3) is 0.375. The highest BCUT2D eigenvalue weighted by Crippen LogP contribution is 2.26. The Morgan fingerprint density at radius 2 is 2.09 bits per heavy atom. The summed E-state index contributed by atoms with van der Waals surface area (Å²) in [5, 5.41) is 23.0. The Hall–Kier alpha value is -2.20. The maximum atomic E-state index is 12.2. The molecule has 0 heterocycles. The predicted molar refractivity (Wildman–Crippen MR) is 89.4 cm³/mol. The summed E-state index contributed by atoms with van der Waals surface area (Å²) >= 11 is 3.10. The van der Waals surface area contributed by atoms with Crippen LogP contribution in [-0.2, 0) is 4.79 Å². The Morgan fingerprint density at radius 1 is 1.39 bits per heavy atom. The van der Waals surface area contributed by atoms with Crippen molar-refractivity contribution in [2.75, 3.05) is 0 Å². The number of carbonyl (C=O) groups is 1. The number of hydrogen-bond acceptors (Lipinski definition) is 4. The van der Waals surface area contributed by atoms with E-state index in [0.717, 1.165) is 25.7 Å². The average Bonchev–Trinajstić information content (AvgIpc) is 2.54. The first-order valence-corrected chi connectivity index (χ1v) is 8.17. The average molecular weight is 378 g/mol. The van der Waals surface area contributed by atoms with Gasteiger partial charge in [0.05, 0.1) is 9.40 Å². The Bertz CT molecular complexity index is 688. The summed E-state index contributed by atoms with van der Waals surface area (Å²) in [4.78, 5) is 22.6. The lowest BCUT2D eigenvalue weighted by Gasteiger charge is -2.22. The third kappa shape index (κ3) is 4.63. The lowest BCUT2D eigenvalue weighted by atomic mass is 9.95. The first-order chi connectivity index (χ1) is 11.0. The number of hydrogen-bond donors (Lipinski definition) is 1. The number of halogens is 1. The van der Waals surface area contributed by atoms with Crippen LogP contribution in [0.4, 0.5) is 5.69 Å². The molecular weight excluding hydrogens is 362 g/mol. The van der Waals surface area contributed by atoms with Crippen molar-refractivity contribution in [3.63, 3.8) is 0 Å². The van der Waals surface area contributed by atoms with Gasteiger partial charge in [0, 0.05) is 12.1 Å². The van der Waals surface area contributed by atoms with E-state index in [1.165, 1.54) is 24.6 Å². The minimum Gasteiger partial charge on any atom is -0.349 e. The van der Waals surface area contributed by atoms with E-state index in [1.807, 2.05) is 6.07 Å². The number of amides is 1. The van der Waals surface area contributed by atoms with E-state index >= 15 is 0 Å². The zero-order valence-corrected chi connectivity index (χ0v) is 14.0. The van der Waals surface area contributed by atoms with Gasteiger partial charge in [-0.25, -0.2) is 0 Å². The van der Waals surface area contributed by atoms with Gasteiger partial charge in [0.1, 0.15) is 11.6 Å². The van der Waals surface area contributed by atoms with E-state index in [4.69, 9.17) is 0 Å². The summed E-state index contributed by atoms with van der Waals surface area (Å²) in [6.07, 6.45) is 6.56. The molecule has 6 nitrogen and oxygen atoms in total. The van der Waals surface area contributed by atoms with Crippen molar-refractivity contribution in [1.82, 2.24) is 5.32 Å². The van der Waals surface area contributed by atoms with Gasteiger partial charge in [-0.3, -0.25) is 14.9 Å². The highest BCUT2D eigenvalue weighted by Gasteiger charge is 2.18. The van der Waals surface area contributed by atoms with Crippen LogP contribution in [0.1, 0.15) is 37.7 Å². The van der Waals surface area contributed by atoms with E-state index in [9.17, 15) is 20.2 Å². The van der Waals surface area contributed by atoms with Crippen molar-refractivity contribution in [3.8, 4) is 6.07 Å². The molecule has 1 N–H and O–H groups in total. The molecule has 1 aromatic rings. The maximum absolute atomic E-state index is 12.2. The molecule has 1 aliphatic carbocycles. The normalized spacial score (nSPS) is 15.7. The number of nitriles is 1. The monoisotopic (exact) mass is 377 g/mol. The first kappa shape index (κ1) is 17.2. The van der Waals surface area contributed by atoms with Gasteiger partial charge in [-0.15, -0.1) is 0 Å². The van der Waals surface area contributed by atoms with Gasteiger partial charge in [-0.1, -0.05) is 25.3 Å². The van der Waals surface area contributed by atoms with Crippen LogP contribution in [0.5, 0.6) is 0 Å². The summed E-state index contributed by atoms with van der Waals surface area (Å²) in [5.41, 5.74) is 0.283. The molecule has 0 aromatic heterocycles. The first-order valence-electron chi connectivity index (χ1n) is 7.38. The molecule has 120 valence electrons. The van der Waals surface area contributed by atoms with E-state index in [2.05, 4.69) is 21.2 Å². The summed E-state index contributed by atoms with van der Waals surface area (Å²) in [5.74, 6) is -0.426. The minimum atomic E-state index is -0.518. The number of nitrogens with one attached hydrogen (secondary N) is 1. The molecular formula is C16H16BrN3O3. The molecule has 1 aliphatic rings. The fourth-order valence-electron chi connectivity index (χ4n) is 2.58. The minimum absolute atomic E-state index is 0.0489. The van der Waals surface area contributed by atoms with Gasteiger partial charge in [0.15, 0.2) is 0 Å². The summed E-state index contributed by atoms with van der Waals surface area (Å²) in [7, 11) is 0. The Labute approximate surface area is 142 Å². The molecule has 0 spiro atoms. The third-order valence-corrected chi connectivity index (χ3v) is 4.45. The summed E-state index contributed by atoms with van der Waals surface area (Å²) < 4.78 is 0.352. The van der Waals surface area contributed by atoms with Crippen LogP contribution < -0.4 is 5.32 Å². The molecule has 0 aliphatic heterocycles. The van der Waals surface area contributed by atoms with Gasteiger partial charge in [-0.2, -0.15) is 5.26 Å². The zero-order chi connectivity index (χ0) is 16.8. The lowest BCUT2D eigenvalue weighted by molar-refractivity contribution is -0.385. The van der Waals surface area contributed by atoms with E-state index in [-0.39, 0.29) is 17.3 Å². The largest absolute Gasteiger partial charge is 0.349 e. The molecule has 0 radical (unpaired) electrons. The lowest BCUT2D eigenvalue weighted by Crippen LogP contribution is -2.36. The van der Waals surface area contributed by atoms with Crippen LogP contribution in [0.2, 0.25) is 0 Å². The van der Waals surface area contributed by atoms with Crippen LogP contribution in [0.15, 0.2) is 28.2 Å². The van der Waals surface area contributed by atoms with Crippen LogP contribution in [-0.4, -0.2) is 16.9 Å². The second-order valence-electron chi connectivity index (χ2n) is 5.45. The van der Waals surface area contributed by atoms with Gasteiger partial charge in [-0.05, 0) is 46.5 Å². The van der Waals surface area contributed by atoms with E-state index in [0.29, 0.717) is 10.0 Å². The molecule has 7 heteroatoms. The van der Waals surface area contributed by atoms with Crippen molar-refractivity contribution >= 4 is 33.6 Å². The van der Waals surface area contributed by atoms with Crippen LogP contribution in [0.25, 0.3) is 6.08 Å². The second kappa shape index (κ2) is 7.88. The van der Waals surface area contributed by atoms with Gasteiger partial charge in [0.25, 0.3) is 11.6 Å². The molecule has 0 unspecified atom stereocenters. The Balaban J connectivity index is 2.17. The highest BCUT2D eigenvalue weighted by atomic mass is 79.9. The van der Waals surface area contributed by atoms with E-state index < -0.39 is 10.8 Å². The van der Waals surface area contributed by atoms with Crippen LogP contribution in [0.3, 0.4) is 0 Å². The number of rotatable bonds is 4. The molecule has 0 saturated heterocycles. The maximum Gasteiger partial charge on any atom is 0.284 e. The standard InChI is InChI=1S/C16H16BrN3O3/c17-14-7-6-11(9-15(14)20(22)23)8-12(10-18)16(21)19-13-4-2-1-3-5-13/h6-9,13H,1-5H2,(H,19,21)/b12-8+. The smallest absolute Gasteiger partial charge is 0.284 e. The number of carbonyl (C=O) groups excluding carboxylic acids is 1. The highest BCUT2D eigenvalue weighted by molar-refractivity contribution is 9.10. The molecule has 0 bridgehead atoms. The fourth-order valence-corrected chi connectivity index (χ4v) is 2.98.